The highest BCUT2D eigenvalue weighted by molar-refractivity contribution is 5.97. The van der Waals surface area contributed by atoms with E-state index in [1.807, 2.05) is 17.7 Å². The van der Waals surface area contributed by atoms with E-state index in [0.717, 1.165) is 17.5 Å². The van der Waals surface area contributed by atoms with Crippen molar-refractivity contribution in [2.24, 2.45) is 13.0 Å². The maximum absolute atomic E-state index is 12.2. The molecule has 2 aromatic rings. The molecule has 0 aliphatic carbocycles. The summed E-state index contributed by atoms with van der Waals surface area (Å²) in [6, 6.07) is 5.23. The van der Waals surface area contributed by atoms with E-state index in [2.05, 4.69) is 24.1 Å². The maximum atomic E-state index is 12.2. The number of imidazole rings is 1. The number of rotatable bonds is 5. The number of aliphatic hydroxyl groups excluding tert-OH is 1. The number of benzene rings is 1. The van der Waals surface area contributed by atoms with Crippen LogP contribution in [0.5, 0.6) is 0 Å². The van der Waals surface area contributed by atoms with E-state index in [-0.39, 0.29) is 18.6 Å². The van der Waals surface area contributed by atoms with E-state index in [4.69, 9.17) is 0 Å². The summed E-state index contributed by atoms with van der Waals surface area (Å²) in [7, 11) is 1.92. The first kappa shape index (κ1) is 14.5. The van der Waals surface area contributed by atoms with Crippen LogP contribution < -0.4 is 5.32 Å². The minimum absolute atomic E-state index is 0.0459. The molecule has 1 aromatic heterocycles. The average molecular weight is 275 g/mol. The molecule has 1 unspecified atom stereocenters. The number of aromatic nitrogens is 2. The second-order valence-electron chi connectivity index (χ2n) is 5.54. The minimum Gasteiger partial charge on any atom is -0.394 e. The predicted octanol–water partition coefficient (Wildman–Crippen LogP) is 1.71. The fraction of sp³-hybridized carbons (Fsp3) is 0.467. The number of nitrogens with zero attached hydrogens (tertiary/aromatic N) is 2. The highest BCUT2D eigenvalue weighted by Gasteiger charge is 2.15. The van der Waals surface area contributed by atoms with Gasteiger partial charge in [-0.05, 0) is 30.5 Å². The monoisotopic (exact) mass is 275 g/mol. The van der Waals surface area contributed by atoms with Crippen molar-refractivity contribution in [3.8, 4) is 0 Å². The summed E-state index contributed by atoms with van der Waals surface area (Å²) in [6.07, 6.45) is 2.48. The van der Waals surface area contributed by atoms with Gasteiger partial charge < -0.3 is 15.0 Å². The van der Waals surface area contributed by atoms with E-state index in [1.165, 1.54) is 0 Å². The van der Waals surface area contributed by atoms with Gasteiger partial charge in [0, 0.05) is 12.6 Å². The van der Waals surface area contributed by atoms with Gasteiger partial charge in [-0.3, -0.25) is 4.79 Å². The third-order valence-electron chi connectivity index (χ3n) is 3.30. The van der Waals surface area contributed by atoms with Gasteiger partial charge in [-0.15, -0.1) is 0 Å². The van der Waals surface area contributed by atoms with Crippen LogP contribution in [0.2, 0.25) is 0 Å². The standard InChI is InChI=1S/C15H21N3O2/c1-10(2)6-12(8-19)17-15(20)11-4-5-14-13(7-11)16-9-18(14)3/h4-5,7,9-10,12,19H,6,8H2,1-3H3,(H,17,20). The fourth-order valence-corrected chi connectivity index (χ4v) is 2.29. The van der Waals surface area contributed by atoms with Gasteiger partial charge in [0.2, 0.25) is 0 Å². The van der Waals surface area contributed by atoms with Gasteiger partial charge in [0.05, 0.1) is 30.0 Å². The zero-order valence-corrected chi connectivity index (χ0v) is 12.1. The summed E-state index contributed by atoms with van der Waals surface area (Å²) < 4.78 is 1.91. The molecule has 0 radical (unpaired) electrons. The molecule has 1 amide bonds. The summed E-state index contributed by atoms with van der Waals surface area (Å²) in [4.78, 5) is 16.4. The number of carbonyl (C=O) groups excluding carboxylic acids is 1. The second kappa shape index (κ2) is 6.05. The minimum atomic E-state index is -0.207. The number of aliphatic hydroxyl groups is 1. The first-order chi connectivity index (χ1) is 9.51. The van der Waals surface area contributed by atoms with Crippen LogP contribution in [0.25, 0.3) is 11.0 Å². The molecule has 0 spiro atoms. The van der Waals surface area contributed by atoms with Crippen LogP contribution in [0, 0.1) is 5.92 Å². The molecule has 108 valence electrons. The van der Waals surface area contributed by atoms with Crippen LogP contribution in [-0.4, -0.2) is 33.2 Å². The van der Waals surface area contributed by atoms with Crippen LogP contribution in [-0.2, 0) is 7.05 Å². The number of amides is 1. The highest BCUT2D eigenvalue weighted by atomic mass is 16.3. The smallest absolute Gasteiger partial charge is 0.251 e. The molecule has 1 atom stereocenters. The van der Waals surface area contributed by atoms with Crippen molar-refractivity contribution in [2.45, 2.75) is 26.3 Å². The van der Waals surface area contributed by atoms with Crippen molar-refractivity contribution < 1.29 is 9.90 Å². The van der Waals surface area contributed by atoms with E-state index < -0.39 is 0 Å². The molecule has 0 fully saturated rings. The van der Waals surface area contributed by atoms with Crippen LogP contribution in [0.4, 0.5) is 0 Å². The van der Waals surface area contributed by atoms with Gasteiger partial charge in [-0.2, -0.15) is 0 Å². The molecule has 0 bridgehead atoms. The van der Waals surface area contributed by atoms with Crippen LogP contribution in [0.3, 0.4) is 0 Å². The van der Waals surface area contributed by atoms with Gasteiger partial charge in [-0.25, -0.2) is 4.98 Å². The van der Waals surface area contributed by atoms with Gasteiger partial charge in [0.15, 0.2) is 0 Å². The molecule has 0 aliphatic heterocycles. The van der Waals surface area contributed by atoms with Crippen LogP contribution >= 0.6 is 0 Å². The van der Waals surface area contributed by atoms with Crippen molar-refractivity contribution in [2.75, 3.05) is 6.61 Å². The summed E-state index contributed by atoms with van der Waals surface area (Å²) in [5, 5.41) is 12.2. The molecular weight excluding hydrogens is 254 g/mol. The Morgan fingerprint density at radius 3 is 2.85 bits per heavy atom. The van der Waals surface area contributed by atoms with Crippen molar-refractivity contribution in [1.29, 1.82) is 0 Å². The third kappa shape index (κ3) is 3.17. The van der Waals surface area contributed by atoms with Gasteiger partial charge in [-0.1, -0.05) is 13.8 Å². The quantitative estimate of drug-likeness (QED) is 0.873. The van der Waals surface area contributed by atoms with E-state index in [9.17, 15) is 9.90 Å². The van der Waals surface area contributed by atoms with Gasteiger partial charge >= 0.3 is 0 Å². The number of aryl methyl sites for hydroxylation is 1. The Bertz CT molecular complexity index is 604. The summed E-state index contributed by atoms with van der Waals surface area (Å²) in [5.74, 6) is 0.253. The van der Waals surface area contributed by atoms with Gasteiger partial charge in [0.25, 0.3) is 5.91 Å². The lowest BCUT2D eigenvalue weighted by Crippen LogP contribution is -2.38. The van der Waals surface area contributed by atoms with Crippen LogP contribution in [0.1, 0.15) is 30.6 Å². The summed E-state index contributed by atoms with van der Waals surface area (Å²) in [6.45, 7) is 4.08. The molecule has 5 heteroatoms. The summed E-state index contributed by atoms with van der Waals surface area (Å²) >= 11 is 0. The molecule has 20 heavy (non-hydrogen) atoms. The first-order valence-electron chi connectivity index (χ1n) is 6.84. The molecule has 0 saturated heterocycles. The Morgan fingerprint density at radius 1 is 1.45 bits per heavy atom. The van der Waals surface area contributed by atoms with Crippen molar-refractivity contribution >= 4 is 16.9 Å². The number of hydrogen-bond donors (Lipinski definition) is 2. The van der Waals surface area contributed by atoms with Crippen LogP contribution in [0.15, 0.2) is 24.5 Å². The molecule has 0 saturated carbocycles. The lowest BCUT2D eigenvalue weighted by molar-refractivity contribution is 0.0908. The Hall–Kier alpha value is -1.88. The van der Waals surface area contributed by atoms with Crippen molar-refractivity contribution in [3.05, 3.63) is 30.1 Å². The molecule has 5 nitrogen and oxygen atoms in total. The Labute approximate surface area is 118 Å². The average Bonchev–Trinajstić information content (AvgIpc) is 2.78. The zero-order valence-electron chi connectivity index (χ0n) is 12.1. The third-order valence-corrected chi connectivity index (χ3v) is 3.30. The van der Waals surface area contributed by atoms with E-state index in [1.54, 1.807) is 18.5 Å². The molecule has 1 heterocycles. The molecule has 0 aliphatic rings. The van der Waals surface area contributed by atoms with Crippen molar-refractivity contribution in [3.63, 3.8) is 0 Å². The topological polar surface area (TPSA) is 67.2 Å². The lowest BCUT2D eigenvalue weighted by atomic mass is 10.0. The number of carbonyl (C=O) groups is 1. The fourth-order valence-electron chi connectivity index (χ4n) is 2.29. The summed E-state index contributed by atoms with van der Waals surface area (Å²) in [5.41, 5.74) is 2.35. The SMILES string of the molecule is CC(C)CC(CO)NC(=O)c1ccc2c(c1)ncn2C. The second-order valence-corrected chi connectivity index (χ2v) is 5.54. The maximum Gasteiger partial charge on any atom is 0.251 e. The largest absolute Gasteiger partial charge is 0.394 e. The molecule has 2 rings (SSSR count). The molecule has 2 N–H and O–H groups in total. The van der Waals surface area contributed by atoms with E-state index >= 15 is 0 Å². The zero-order chi connectivity index (χ0) is 14.7. The highest BCUT2D eigenvalue weighted by Crippen LogP contribution is 2.14. The lowest BCUT2D eigenvalue weighted by Gasteiger charge is -2.18. The predicted molar refractivity (Wildman–Crippen MR) is 78.5 cm³/mol. The number of nitrogens with one attached hydrogen (secondary N) is 1. The Kier molecular flexibility index (Phi) is 4.39. The molecule has 1 aromatic carbocycles. The number of hydrogen-bond acceptors (Lipinski definition) is 3. The van der Waals surface area contributed by atoms with Gasteiger partial charge in [0.1, 0.15) is 0 Å². The van der Waals surface area contributed by atoms with Crippen molar-refractivity contribution in [1.82, 2.24) is 14.9 Å². The molecular formula is C15H21N3O2. The Balaban J connectivity index is 2.14. The first-order valence-corrected chi connectivity index (χ1v) is 6.84. The number of fused-ring (bicyclic) bond motifs is 1. The van der Waals surface area contributed by atoms with E-state index in [0.29, 0.717) is 11.5 Å². The Morgan fingerprint density at radius 2 is 2.20 bits per heavy atom. The normalized spacial score (nSPS) is 12.8.